The highest BCUT2D eigenvalue weighted by Crippen LogP contribution is 2.13. The van der Waals surface area contributed by atoms with E-state index in [0.717, 1.165) is 6.42 Å². The highest BCUT2D eigenvalue weighted by molar-refractivity contribution is 6.12. The van der Waals surface area contributed by atoms with Crippen molar-refractivity contribution >= 4 is 7.85 Å². The van der Waals surface area contributed by atoms with Gasteiger partial charge in [-0.15, -0.1) is 0 Å². The molecule has 0 amide bonds. The Bertz CT molecular complexity index is 181. The summed E-state index contributed by atoms with van der Waals surface area (Å²) in [5.74, 6) is 0.209. The number of benzene rings is 1. The van der Waals surface area contributed by atoms with E-state index in [4.69, 9.17) is 7.85 Å². The van der Waals surface area contributed by atoms with Crippen LogP contribution in [0.2, 0.25) is 0 Å². The van der Waals surface area contributed by atoms with Crippen molar-refractivity contribution in [2.75, 3.05) is 0 Å². The predicted molar refractivity (Wildman–Crippen MR) is 45.2 cm³/mol. The second-order valence-electron chi connectivity index (χ2n) is 2.43. The van der Waals surface area contributed by atoms with E-state index in [-0.39, 0.29) is 5.82 Å². The summed E-state index contributed by atoms with van der Waals surface area (Å²) in [6.45, 7) is 2.09. The number of rotatable bonds is 2. The van der Waals surface area contributed by atoms with Crippen LogP contribution in [-0.2, 0) is 0 Å². The first kappa shape index (κ1) is 7.39. The molecule has 10 heavy (non-hydrogen) atoms. The van der Waals surface area contributed by atoms with E-state index in [1.54, 1.807) is 0 Å². The molecule has 0 saturated heterocycles. The van der Waals surface area contributed by atoms with Crippen LogP contribution >= 0.6 is 0 Å². The zero-order valence-corrected chi connectivity index (χ0v) is 6.25. The van der Waals surface area contributed by atoms with Gasteiger partial charge in [-0.2, -0.15) is 0 Å². The zero-order valence-electron chi connectivity index (χ0n) is 6.25. The molecular formula is C9H11B. The van der Waals surface area contributed by atoms with E-state index in [1.807, 2.05) is 18.2 Å². The lowest BCUT2D eigenvalue weighted by molar-refractivity contribution is 0.882. The van der Waals surface area contributed by atoms with Crippen LogP contribution < -0.4 is 0 Å². The minimum absolute atomic E-state index is 0.209. The maximum atomic E-state index is 5.79. The van der Waals surface area contributed by atoms with Gasteiger partial charge < -0.3 is 0 Å². The Morgan fingerprint density at radius 2 is 1.90 bits per heavy atom. The third-order valence-corrected chi connectivity index (χ3v) is 1.67. The smallest absolute Gasteiger partial charge is 0.0655 e. The molecule has 1 heteroatoms. The first-order chi connectivity index (χ1) is 4.84. The Labute approximate surface area is 63.7 Å². The van der Waals surface area contributed by atoms with Gasteiger partial charge in [-0.05, 0) is 0 Å². The van der Waals surface area contributed by atoms with E-state index in [0.29, 0.717) is 0 Å². The summed E-state index contributed by atoms with van der Waals surface area (Å²) in [5, 5.41) is 0. The van der Waals surface area contributed by atoms with Crippen LogP contribution in [-0.4, -0.2) is 7.85 Å². The van der Waals surface area contributed by atoms with E-state index >= 15 is 0 Å². The fourth-order valence-corrected chi connectivity index (χ4v) is 0.936. The van der Waals surface area contributed by atoms with Crippen LogP contribution in [0.3, 0.4) is 0 Å². The molecule has 0 N–H and O–H groups in total. The first-order valence-corrected chi connectivity index (χ1v) is 3.65. The Morgan fingerprint density at radius 1 is 1.30 bits per heavy atom. The fourth-order valence-electron chi connectivity index (χ4n) is 0.936. The lowest BCUT2D eigenvalue weighted by atomic mass is 9.79. The molecule has 0 bridgehead atoms. The van der Waals surface area contributed by atoms with Crippen LogP contribution in [0.4, 0.5) is 0 Å². The molecule has 1 aromatic rings. The fraction of sp³-hybridized carbons (Fsp3) is 0.333. The van der Waals surface area contributed by atoms with E-state index in [1.165, 1.54) is 5.56 Å². The summed E-state index contributed by atoms with van der Waals surface area (Å²) < 4.78 is 0. The molecule has 2 radical (unpaired) electrons. The minimum Gasteiger partial charge on any atom is -0.0655 e. The summed E-state index contributed by atoms with van der Waals surface area (Å²) in [6, 6.07) is 10.2. The zero-order chi connectivity index (χ0) is 7.40. The molecule has 0 spiro atoms. The van der Waals surface area contributed by atoms with Crippen LogP contribution in [0.15, 0.2) is 30.3 Å². The monoisotopic (exact) mass is 130 g/mol. The van der Waals surface area contributed by atoms with Gasteiger partial charge in [0.2, 0.25) is 0 Å². The Balaban J connectivity index is 2.75. The largest absolute Gasteiger partial charge is 0.0763 e. The molecule has 50 valence electrons. The summed E-state index contributed by atoms with van der Waals surface area (Å²) in [6.07, 6.45) is 1.00. The van der Waals surface area contributed by atoms with Gasteiger partial charge in [-0.3, -0.25) is 0 Å². The third kappa shape index (κ3) is 1.63. The van der Waals surface area contributed by atoms with Crippen LogP contribution in [0.25, 0.3) is 0 Å². The van der Waals surface area contributed by atoms with Gasteiger partial charge in [0.1, 0.15) is 0 Å². The topological polar surface area (TPSA) is 0 Å². The summed E-state index contributed by atoms with van der Waals surface area (Å²) in [5.41, 5.74) is 1.23. The van der Waals surface area contributed by atoms with Crippen molar-refractivity contribution in [2.45, 2.75) is 19.2 Å². The van der Waals surface area contributed by atoms with Crippen molar-refractivity contribution in [2.24, 2.45) is 0 Å². The van der Waals surface area contributed by atoms with Gasteiger partial charge in [-0.1, -0.05) is 55.1 Å². The summed E-state index contributed by atoms with van der Waals surface area (Å²) >= 11 is 0. The highest BCUT2D eigenvalue weighted by atomic mass is 14.0. The van der Waals surface area contributed by atoms with Crippen LogP contribution in [0.1, 0.15) is 24.7 Å². The van der Waals surface area contributed by atoms with Gasteiger partial charge in [0.05, 0.1) is 7.85 Å². The van der Waals surface area contributed by atoms with Gasteiger partial charge in [0, 0.05) is 0 Å². The Hall–Kier alpha value is -0.715. The van der Waals surface area contributed by atoms with Gasteiger partial charge in [0.25, 0.3) is 0 Å². The molecule has 0 saturated carbocycles. The minimum atomic E-state index is 0.209. The quantitative estimate of drug-likeness (QED) is 0.538. The van der Waals surface area contributed by atoms with Crippen molar-refractivity contribution in [1.29, 1.82) is 0 Å². The molecule has 1 unspecified atom stereocenters. The molecule has 1 atom stereocenters. The van der Waals surface area contributed by atoms with Crippen molar-refractivity contribution in [1.82, 2.24) is 0 Å². The lowest BCUT2D eigenvalue weighted by Gasteiger charge is -2.07. The number of hydrogen-bond acceptors (Lipinski definition) is 0. The normalized spacial score (nSPS) is 12.9. The molecule has 1 rings (SSSR count). The van der Waals surface area contributed by atoms with Crippen LogP contribution in [0, 0.1) is 0 Å². The number of hydrogen-bond donors (Lipinski definition) is 0. The van der Waals surface area contributed by atoms with Crippen molar-refractivity contribution in [3.05, 3.63) is 35.9 Å². The van der Waals surface area contributed by atoms with E-state index in [2.05, 4.69) is 19.1 Å². The second-order valence-corrected chi connectivity index (χ2v) is 2.43. The maximum absolute atomic E-state index is 5.79. The maximum Gasteiger partial charge on any atom is 0.0763 e. The van der Waals surface area contributed by atoms with Crippen molar-refractivity contribution in [3.8, 4) is 0 Å². The highest BCUT2D eigenvalue weighted by Gasteiger charge is 1.98. The molecule has 0 aliphatic carbocycles. The average Bonchev–Trinajstić information content (AvgIpc) is 2.05. The summed E-state index contributed by atoms with van der Waals surface area (Å²) in [7, 11) is 5.79. The first-order valence-electron chi connectivity index (χ1n) is 3.65. The van der Waals surface area contributed by atoms with E-state index in [9.17, 15) is 0 Å². The van der Waals surface area contributed by atoms with Gasteiger partial charge in [-0.25, -0.2) is 0 Å². The second kappa shape index (κ2) is 3.45. The molecule has 0 nitrogen and oxygen atoms in total. The predicted octanol–water partition coefficient (Wildman–Crippen LogP) is 2.31. The Kier molecular flexibility index (Phi) is 2.55. The lowest BCUT2D eigenvalue weighted by Crippen LogP contribution is -1.94. The molecule has 0 aromatic heterocycles. The van der Waals surface area contributed by atoms with Gasteiger partial charge in [0.15, 0.2) is 0 Å². The van der Waals surface area contributed by atoms with E-state index < -0.39 is 0 Å². The third-order valence-electron chi connectivity index (χ3n) is 1.67. The molecular weight excluding hydrogens is 119 g/mol. The van der Waals surface area contributed by atoms with Crippen molar-refractivity contribution in [3.63, 3.8) is 0 Å². The standard InChI is InChI=1S/C9H11B/c1-2-9(10)8-6-4-3-5-7-8/h3-7,9H,2H2,1H3. The molecule has 0 fully saturated rings. The molecule has 0 heterocycles. The molecule has 0 aliphatic heterocycles. The summed E-state index contributed by atoms with van der Waals surface area (Å²) in [4.78, 5) is 0. The van der Waals surface area contributed by atoms with Crippen LogP contribution in [0.5, 0.6) is 0 Å². The molecule has 1 aromatic carbocycles. The Morgan fingerprint density at radius 3 is 2.40 bits per heavy atom. The van der Waals surface area contributed by atoms with Gasteiger partial charge >= 0.3 is 0 Å². The molecule has 0 aliphatic rings. The SMILES string of the molecule is [B]C(CC)c1ccccc1. The average molecular weight is 130 g/mol. The van der Waals surface area contributed by atoms with Crippen molar-refractivity contribution < 1.29 is 0 Å².